The van der Waals surface area contributed by atoms with Gasteiger partial charge in [0.25, 0.3) is 0 Å². The van der Waals surface area contributed by atoms with Crippen LogP contribution in [0.2, 0.25) is 10.0 Å². The van der Waals surface area contributed by atoms with Gasteiger partial charge in [0.15, 0.2) is 0 Å². The van der Waals surface area contributed by atoms with Crippen molar-refractivity contribution in [3.63, 3.8) is 0 Å². The van der Waals surface area contributed by atoms with Crippen LogP contribution in [0.15, 0.2) is 67.0 Å². The molecule has 284 valence electrons. The Morgan fingerprint density at radius 3 is 2.61 bits per heavy atom. The summed E-state index contributed by atoms with van der Waals surface area (Å²) in [4.78, 5) is 18.4. The number of carboxylic acid groups (broad SMARTS) is 1. The summed E-state index contributed by atoms with van der Waals surface area (Å²) in [7, 11) is 0. The molecule has 0 radical (unpaired) electrons. The molecule has 0 bridgehead atoms. The Hall–Kier alpha value is -4.37. The number of fused-ring (bicyclic) bond motifs is 1. The summed E-state index contributed by atoms with van der Waals surface area (Å²) in [5.41, 5.74) is 5.85. The van der Waals surface area contributed by atoms with Crippen LogP contribution in [-0.4, -0.2) is 65.0 Å². The monoisotopic (exact) mass is 772 g/mol. The van der Waals surface area contributed by atoms with Crippen molar-refractivity contribution in [2.75, 3.05) is 32.8 Å². The molecule has 0 spiro atoms. The average molecular weight is 774 g/mol. The molecule has 3 N–H and O–H groups in total. The van der Waals surface area contributed by atoms with Gasteiger partial charge in [-0.15, -0.1) is 0 Å². The molecule has 4 aromatic rings. The fourth-order valence-electron chi connectivity index (χ4n) is 7.13. The lowest BCUT2D eigenvalue weighted by Gasteiger charge is -2.30. The number of carboxylic acids is 1. The van der Waals surface area contributed by atoms with Crippen LogP contribution in [0.25, 0.3) is 11.1 Å². The number of nitrogens with one attached hydrogen (secondary N) is 1. The van der Waals surface area contributed by atoms with Gasteiger partial charge >= 0.3 is 5.97 Å². The summed E-state index contributed by atoms with van der Waals surface area (Å²) in [6.45, 7) is 6.20. The fourth-order valence-corrected chi connectivity index (χ4v) is 7.65. The zero-order valence-electron chi connectivity index (χ0n) is 30.4. The van der Waals surface area contributed by atoms with Gasteiger partial charge in [-0.05, 0) is 92.4 Å². The number of pyridine rings is 1. The third-order valence-corrected chi connectivity index (χ3v) is 10.9. The molecule has 2 aliphatic rings. The number of hydrogen-bond acceptors (Lipinski definition) is 9. The Balaban J connectivity index is 1.19. The van der Waals surface area contributed by atoms with Crippen molar-refractivity contribution >= 4 is 29.2 Å². The van der Waals surface area contributed by atoms with Crippen molar-refractivity contribution in [1.82, 2.24) is 15.2 Å². The number of halogens is 2. The zero-order chi connectivity index (χ0) is 38.0. The van der Waals surface area contributed by atoms with Crippen molar-refractivity contribution in [2.24, 2.45) is 5.92 Å². The smallest absolute Gasteiger partial charge is 0.320 e. The zero-order valence-corrected chi connectivity index (χ0v) is 31.9. The minimum absolute atomic E-state index is 0.0387. The number of likely N-dealkylation sites (tertiary alicyclic amines) is 1. The molecule has 1 saturated heterocycles. The number of rotatable bonds is 17. The molecule has 12 heteroatoms. The number of benzene rings is 3. The van der Waals surface area contributed by atoms with E-state index in [1.807, 2.05) is 24.3 Å². The van der Waals surface area contributed by atoms with Crippen LogP contribution in [0, 0.1) is 17.2 Å². The number of nitrogens with zero attached hydrogens (tertiary/aromatic N) is 3. The summed E-state index contributed by atoms with van der Waals surface area (Å²) < 4.78 is 19.0. The Morgan fingerprint density at radius 2 is 1.83 bits per heavy atom. The molecule has 2 heterocycles. The topological polar surface area (TPSA) is 137 Å². The minimum atomic E-state index is -1.07. The maximum absolute atomic E-state index is 11.7. The standard InChI is InChI=1S/C42H46Cl2N4O6/c1-27-11-15-48(16-12-27)14-4-18-52-38-8-3-7-34(41(38)44)31-5-2-6-33-32(31)9-10-37(33)54-40-21-39(53-26-29-19-28(22-45)23-46-24-29)30(20-35(40)43)25-47-36(13-17-49)42(50)51/h2-3,5-8,19-21,23-24,27,36-37,47,49H,4,9-18,25-26H2,1H3,(H,50,51)/t36-,37?/m0/s1. The van der Waals surface area contributed by atoms with Crippen LogP contribution in [-0.2, 0) is 24.4 Å². The number of hydrogen-bond donors (Lipinski definition) is 3. The fraction of sp³-hybridized carbons (Fsp3) is 0.405. The Bertz CT molecular complexity index is 1960. The maximum Gasteiger partial charge on any atom is 0.320 e. The summed E-state index contributed by atoms with van der Waals surface area (Å²) in [6, 6.07) is 18.3. The van der Waals surface area contributed by atoms with E-state index in [2.05, 4.69) is 40.3 Å². The highest BCUT2D eigenvalue weighted by Gasteiger charge is 2.29. The van der Waals surface area contributed by atoms with E-state index in [1.165, 1.54) is 19.0 Å². The van der Waals surface area contributed by atoms with Gasteiger partial charge in [0.2, 0.25) is 0 Å². The molecular weight excluding hydrogens is 727 g/mol. The third kappa shape index (κ3) is 9.83. The minimum Gasteiger partial charge on any atom is -0.492 e. The second-order valence-corrected chi connectivity index (χ2v) is 14.8. The lowest BCUT2D eigenvalue weighted by molar-refractivity contribution is -0.140. The Morgan fingerprint density at radius 1 is 1.04 bits per heavy atom. The van der Waals surface area contributed by atoms with E-state index in [4.69, 9.17) is 37.4 Å². The van der Waals surface area contributed by atoms with Gasteiger partial charge in [0.1, 0.15) is 42.1 Å². The van der Waals surface area contributed by atoms with E-state index < -0.39 is 12.0 Å². The van der Waals surface area contributed by atoms with Crippen LogP contribution in [0.5, 0.6) is 17.2 Å². The molecule has 1 unspecified atom stereocenters. The first-order chi connectivity index (χ1) is 26.2. The second-order valence-electron chi connectivity index (χ2n) is 14.0. The highest BCUT2D eigenvalue weighted by atomic mass is 35.5. The largest absolute Gasteiger partial charge is 0.492 e. The van der Waals surface area contributed by atoms with Gasteiger partial charge < -0.3 is 34.6 Å². The molecule has 2 atom stereocenters. The molecule has 1 aliphatic heterocycles. The number of nitriles is 1. The van der Waals surface area contributed by atoms with E-state index in [1.54, 1.807) is 24.4 Å². The first-order valence-electron chi connectivity index (χ1n) is 18.5. The molecule has 0 saturated carbocycles. The van der Waals surface area contributed by atoms with Gasteiger partial charge in [-0.3, -0.25) is 9.78 Å². The predicted molar refractivity (Wildman–Crippen MR) is 208 cm³/mol. The molecule has 3 aromatic carbocycles. The highest BCUT2D eigenvalue weighted by Crippen LogP contribution is 2.45. The normalized spacial score (nSPS) is 16.4. The molecule has 1 aliphatic carbocycles. The molecule has 54 heavy (non-hydrogen) atoms. The van der Waals surface area contributed by atoms with Gasteiger partial charge in [-0.2, -0.15) is 5.26 Å². The van der Waals surface area contributed by atoms with Crippen LogP contribution in [0.1, 0.15) is 72.9 Å². The van der Waals surface area contributed by atoms with E-state index in [0.717, 1.165) is 67.1 Å². The van der Waals surface area contributed by atoms with Crippen molar-refractivity contribution < 1.29 is 29.2 Å². The molecule has 10 nitrogen and oxygen atoms in total. The van der Waals surface area contributed by atoms with Crippen molar-refractivity contribution in [3.8, 4) is 34.4 Å². The van der Waals surface area contributed by atoms with Crippen molar-refractivity contribution in [3.05, 3.63) is 105 Å². The van der Waals surface area contributed by atoms with Crippen molar-refractivity contribution in [2.45, 2.75) is 70.7 Å². The van der Waals surface area contributed by atoms with Gasteiger partial charge in [0.05, 0.1) is 22.2 Å². The Labute approximate surface area is 326 Å². The SMILES string of the molecule is CC1CCN(CCCOc2cccc(-c3cccc4c3CCC4Oc3cc(OCc4cncc(C#N)c4)c(CN[C@@H](CCO)C(=O)O)cc3Cl)c2Cl)CC1. The van der Waals surface area contributed by atoms with E-state index >= 15 is 0 Å². The summed E-state index contributed by atoms with van der Waals surface area (Å²) >= 11 is 13.8. The maximum atomic E-state index is 11.7. The lowest BCUT2D eigenvalue weighted by atomic mass is 9.96. The predicted octanol–water partition coefficient (Wildman–Crippen LogP) is 8.00. The first kappa shape index (κ1) is 39.3. The summed E-state index contributed by atoms with van der Waals surface area (Å²) in [6.07, 6.45) is 7.80. The number of piperidine rings is 1. The van der Waals surface area contributed by atoms with Gasteiger partial charge in [-0.25, -0.2) is 0 Å². The van der Waals surface area contributed by atoms with Gasteiger partial charge in [-0.1, -0.05) is 60.5 Å². The molecular formula is C42H46Cl2N4O6. The summed E-state index contributed by atoms with van der Waals surface area (Å²) in [5.74, 6) is 1.27. The van der Waals surface area contributed by atoms with E-state index in [0.29, 0.717) is 50.6 Å². The van der Waals surface area contributed by atoms with Crippen LogP contribution in [0.4, 0.5) is 0 Å². The molecule has 0 amide bonds. The third-order valence-electron chi connectivity index (χ3n) is 10.2. The lowest BCUT2D eigenvalue weighted by Crippen LogP contribution is -2.37. The molecule has 1 aromatic heterocycles. The number of aromatic nitrogens is 1. The quantitative estimate of drug-likeness (QED) is 0.0906. The number of ether oxygens (including phenoxy) is 3. The number of aliphatic hydroxyl groups is 1. The number of aliphatic hydroxyl groups excluding tert-OH is 1. The van der Waals surface area contributed by atoms with Crippen LogP contribution >= 0.6 is 23.2 Å². The van der Waals surface area contributed by atoms with E-state index in [-0.39, 0.29) is 32.3 Å². The average Bonchev–Trinajstić information content (AvgIpc) is 3.59. The summed E-state index contributed by atoms with van der Waals surface area (Å²) in [5, 5.41) is 32.2. The van der Waals surface area contributed by atoms with Crippen LogP contribution in [0.3, 0.4) is 0 Å². The Kier molecular flexibility index (Phi) is 13.7. The first-order valence-corrected chi connectivity index (χ1v) is 19.3. The molecule has 1 fully saturated rings. The molecule has 6 rings (SSSR count). The number of aliphatic carboxylic acids is 1. The van der Waals surface area contributed by atoms with Gasteiger partial charge in [0, 0.05) is 54.8 Å². The second kappa shape index (κ2) is 18.8. The van der Waals surface area contributed by atoms with E-state index in [9.17, 15) is 20.3 Å². The van der Waals surface area contributed by atoms with Crippen molar-refractivity contribution in [1.29, 1.82) is 5.26 Å². The number of carbonyl (C=O) groups is 1. The van der Waals surface area contributed by atoms with Crippen LogP contribution < -0.4 is 19.5 Å². The highest BCUT2D eigenvalue weighted by molar-refractivity contribution is 6.35.